The second-order valence-electron chi connectivity index (χ2n) is 35.9. The topological polar surface area (TPSA) is 16.3 Å². The van der Waals surface area contributed by atoms with E-state index < -0.39 is 0 Å². The molecular weight excluding hydrogens is 1320 g/mol. The van der Waals surface area contributed by atoms with Crippen LogP contribution in [0.5, 0.6) is 0 Å². The molecule has 2 aliphatic rings. The van der Waals surface area contributed by atoms with Crippen LogP contribution in [0.1, 0.15) is 132 Å². The normalized spacial score (nSPS) is 13.2. The number of anilines is 6. The number of benzene rings is 14. The summed E-state index contributed by atoms with van der Waals surface area (Å²) in [6, 6.07) is 116. The molecular formula is C104H95BN4. The second kappa shape index (κ2) is 25.5. The number of hydrogen-bond acceptors (Lipinski definition) is 2. The van der Waals surface area contributed by atoms with Crippen molar-refractivity contribution in [2.45, 2.75) is 131 Å². The van der Waals surface area contributed by atoms with Gasteiger partial charge < -0.3 is 18.9 Å². The van der Waals surface area contributed by atoms with E-state index in [2.05, 4.69) is 426 Å². The molecule has 0 saturated carbocycles. The van der Waals surface area contributed by atoms with Crippen molar-refractivity contribution in [3.05, 3.63) is 331 Å². The standard InChI is InChI=1S/C104H95BN4/c1-100(2,3)72-40-34-66(35-41-72)71-58-97-99-98(59-71)107(78-48-38-70(39-49-78)84-33-25-23-31-82(84)68-28-20-17-21-29-68)96-65-80(109-93-56-44-75(103(10,11)12)62-87(93)88-63-76(104(13,14)15)45-57-94(88)109)51-53-90(96)105(99)89-52-50-79(108-91-54-42-73(101(4,5)6)60-85(91)86-61-74(102(7,8)9)43-55-92(86)108)64-95(89)106(97)77-46-36-69(37-47-77)83-32-24-22-30-81(83)67-26-18-16-19-27-67/h16-65H,1-15H3. The SMILES string of the molecule is CC(C)(C)c1ccc(-c2cc3c4c(c2)N(c2ccc(-c5ccccc5-c5ccccc5)cc2)c2cc(-n5c6ccc(C(C)(C)C)cc6c6cc(C(C)(C)C)ccc65)ccc2B4c2ccc(-n4c5ccc(C(C)(C)C)cc5c5cc(C(C)(C)C)ccc54)cc2N3c2ccc(-c3ccccc3-c3ccccc3)cc2)cc1. The molecule has 0 saturated heterocycles. The third-order valence-corrected chi connectivity index (χ3v) is 23.5. The van der Waals surface area contributed by atoms with Gasteiger partial charge in [-0.3, -0.25) is 0 Å². The Balaban J connectivity index is 0.931. The Hall–Kier alpha value is -11.7. The zero-order chi connectivity index (χ0) is 75.4. The minimum Gasteiger partial charge on any atom is -0.311 e. The van der Waals surface area contributed by atoms with Gasteiger partial charge in [-0.05, 0) is 236 Å². The molecule has 0 radical (unpaired) electrons. The molecule has 0 bridgehead atoms. The summed E-state index contributed by atoms with van der Waals surface area (Å²) in [5.41, 5.74) is 35.7. The highest BCUT2D eigenvalue weighted by Crippen LogP contribution is 2.50. The summed E-state index contributed by atoms with van der Waals surface area (Å²) in [4.78, 5) is 5.24. The Morgan fingerprint density at radius 2 is 0.486 bits per heavy atom. The Kier molecular flexibility index (Phi) is 16.2. The van der Waals surface area contributed by atoms with Crippen LogP contribution in [0.2, 0.25) is 0 Å². The van der Waals surface area contributed by atoms with Gasteiger partial charge in [-0.25, -0.2) is 0 Å². The molecule has 0 unspecified atom stereocenters. The quantitative estimate of drug-likeness (QED) is 0.134. The monoisotopic (exact) mass is 1410 g/mol. The van der Waals surface area contributed by atoms with Crippen molar-refractivity contribution in [3.63, 3.8) is 0 Å². The fourth-order valence-electron chi connectivity index (χ4n) is 17.4. The first-order chi connectivity index (χ1) is 52.2. The van der Waals surface area contributed by atoms with Crippen molar-refractivity contribution in [2.24, 2.45) is 0 Å². The Morgan fingerprint density at radius 3 is 0.798 bits per heavy atom. The molecule has 0 aliphatic carbocycles. The van der Waals surface area contributed by atoms with E-state index in [1.807, 2.05) is 0 Å². The van der Waals surface area contributed by atoms with Crippen LogP contribution in [0, 0.1) is 0 Å². The molecule has 109 heavy (non-hydrogen) atoms. The van der Waals surface area contributed by atoms with E-state index >= 15 is 0 Å². The molecule has 534 valence electrons. The Labute approximate surface area is 644 Å². The minimum atomic E-state index is -0.194. The molecule has 5 heteroatoms. The maximum Gasteiger partial charge on any atom is 0.252 e. The number of nitrogens with zero attached hydrogens (tertiary/aromatic N) is 4. The van der Waals surface area contributed by atoms with Crippen molar-refractivity contribution < 1.29 is 0 Å². The third-order valence-electron chi connectivity index (χ3n) is 23.5. The lowest BCUT2D eigenvalue weighted by Crippen LogP contribution is -2.61. The summed E-state index contributed by atoms with van der Waals surface area (Å²) in [5, 5.41) is 5.07. The smallest absolute Gasteiger partial charge is 0.252 e. The molecule has 2 aliphatic heterocycles. The zero-order valence-corrected chi connectivity index (χ0v) is 65.7. The van der Waals surface area contributed by atoms with E-state index in [0.717, 1.165) is 67.8 Å². The summed E-state index contributed by atoms with van der Waals surface area (Å²) >= 11 is 0. The van der Waals surface area contributed by atoms with Gasteiger partial charge in [-0.2, -0.15) is 0 Å². The van der Waals surface area contributed by atoms with Crippen LogP contribution in [-0.2, 0) is 27.1 Å². The highest BCUT2D eigenvalue weighted by Gasteiger charge is 2.45. The van der Waals surface area contributed by atoms with Crippen LogP contribution in [0.3, 0.4) is 0 Å². The van der Waals surface area contributed by atoms with E-state index in [4.69, 9.17) is 0 Å². The summed E-state index contributed by atoms with van der Waals surface area (Å²) in [6.45, 7) is 34.7. The molecule has 2 aromatic heterocycles. The van der Waals surface area contributed by atoms with Gasteiger partial charge in [0.15, 0.2) is 0 Å². The molecule has 4 heterocycles. The maximum atomic E-state index is 2.62. The third kappa shape index (κ3) is 11.9. The van der Waals surface area contributed by atoms with E-state index in [-0.39, 0.29) is 33.8 Å². The van der Waals surface area contributed by atoms with Gasteiger partial charge in [0.1, 0.15) is 0 Å². The van der Waals surface area contributed by atoms with Crippen molar-refractivity contribution in [3.8, 4) is 67.0 Å². The van der Waals surface area contributed by atoms with Gasteiger partial charge >= 0.3 is 0 Å². The van der Waals surface area contributed by atoms with E-state index in [9.17, 15) is 0 Å². The lowest BCUT2D eigenvalue weighted by atomic mass is 9.33. The molecule has 0 N–H and O–H groups in total. The first-order valence-corrected chi connectivity index (χ1v) is 39.1. The zero-order valence-electron chi connectivity index (χ0n) is 65.7. The largest absolute Gasteiger partial charge is 0.311 e. The van der Waals surface area contributed by atoms with Crippen LogP contribution in [0.25, 0.3) is 111 Å². The average molecular weight is 1410 g/mol. The van der Waals surface area contributed by atoms with Gasteiger partial charge in [-0.15, -0.1) is 0 Å². The number of rotatable bonds is 9. The fourth-order valence-corrected chi connectivity index (χ4v) is 17.4. The Bertz CT molecular complexity index is 5780. The summed E-state index contributed by atoms with van der Waals surface area (Å²) in [7, 11) is 0. The van der Waals surface area contributed by atoms with E-state index in [1.165, 1.54) is 121 Å². The van der Waals surface area contributed by atoms with Crippen LogP contribution >= 0.6 is 0 Å². The lowest BCUT2D eigenvalue weighted by Gasteiger charge is -2.44. The van der Waals surface area contributed by atoms with Crippen molar-refractivity contribution in [1.29, 1.82) is 0 Å². The highest BCUT2D eigenvalue weighted by molar-refractivity contribution is 7.00. The summed E-state index contributed by atoms with van der Waals surface area (Å²) in [6.07, 6.45) is 0. The number of aromatic nitrogens is 2. The van der Waals surface area contributed by atoms with Gasteiger partial charge in [0.25, 0.3) is 6.71 Å². The highest BCUT2D eigenvalue weighted by atomic mass is 15.2. The second-order valence-corrected chi connectivity index (χ2v) is 35.9. The van der Waals surface area contributed by atoms with Gasteiger partial charge in [0.05, 0.1) is 22.1 Å². The van der Waals surface area contributed by atoms with Crippen LogP contribution < -0.4 is 26.2 Å². The number of fused-ring (bicyclic) bond motifs is 10. The molecule has 0 fully saturated rings. The number of hydrogen-bond donors (Lipinski definition) is 0. The fraction of sp³-hybridized carbons (Fsp3) is 0.192. The maximum absolute atomic E-state index is 2.62. The summed E-state index contributed by atoms with van der Waals surface area (Å²) in [5.74, 6) is 0. The van der Waals surface area contributed by atoms with E-state index in [1.54, 1.807) is 0 Å². The first-order valence-electron chi connectivity index (χ1n) is 39.1. The molecule has 0 spiro atoms. The van der Waals surface area contributed by atoms with Gasteiger partial charge in [0.2, 0.25) is 0 Å². The van der Waals surface area contributed by atoms with Crippen LogP contribution in [0.4, 0.5) is 34.1 Å². The summed E-state index contributed by atoms with van der Waals surface area (Å²) < 4.78 is 5.09. The molecule has 14 aromatic carbocycles. The predicted octanol–water partition coefficient (Wildman–Crippen LogP) is 26.8. The predicted molar refractivity (Wildman–Crippen MR) is 470 cm³/mol. The molecule has 0 atom stereocenters. The average Bonchev–Trinajstić information content (AvgIpc) is 1.21. The van der Waals surface area contributed by atoms with Crippen molar-refractivity contribution >= 4 is 101 Å². The van der Waals surface area contributed by atoms with E-state index in [0.29, 0.717) is 0 Å². The van der Waals surface area contributed by atoms with Gasteiger partial charge in [0, 0.05) is 67.0 Å². The lowest BCUT2D eigenvalue weighted by molar-refractivity contribution is 0.590. The Morgan fingerprint density at radius 1 is 0.211 bits per heavy atom. The minimum absolute atomic E-state index is 0.0359. The van der Waals surface area contributed by atoms with Crippen molar-refractivity contribution in [1.82, 2.24) is 9.13 Å². The van der Waals surface area contributed by atoms with Crippen molar-refractivity contribution in [2.75, 3.05) is 9.80 Å². The molecule has 16 aromatic rings. The molecule has 4 nitrogen and oxygen atoms in total. The first kappa shape index (κ1) is 69.1. The molecule has 0 amide bonds. The molecule has 18 rings (SSSR count). The van der Waals surface area contributed by atoms with Crippen LogP contribution in [0.15, 0.2) is 303 Å². The van der Waals surface area contributed by atoms with Crippen LogP contribution in [-0.4, -0.2) is 15.8 Å². The van der Waals surface area contributed by atoms with Gasteiger partial charge in [-0.1, -0.05) is 298 Å².